The fourth-order valence-corrected chi connectivity index (χ4v) is 2.66. The molecule has 2 aromatic rings. The highest BCUT2D eigenvalue weighted by molar-refractivity contribution is 5.98. The first kappa shape index (κ1) is 20.5. The van der Waals surface area contributed by atoms with Crippen LogP contribution in [-0.2, 0) is 9.53 Å². The van der Waals surface area contributed by atoms with Gasteiger partial charge in [0.2, 0.25) is 0 Å². The number of nitrogens with one attached hydrogen (secondary N) is 2. The standard InChI is InChI=1S/C21H26N2O4/c1-3-15(2)16-8-4-7-11-19(16)23-20(25)14-27-21(26)17-9-5-6-10-18(17)22-12-13-24/h4-11,15,22,24H,3,12-14H2,1-2H3,(H,23,25)/t15-/m0/s1. The van der Waals surface area contributed by atoms with Gasteiger partial charge in [0.25, 0.3) is 5.91 Å². The zero-order chi connectivity index (χ0) is 19.6. The molecule has 1 amide bonds. The van der Waals surface area contributed by atoms with Gasteiger partial charge >= 0.3 is 5.97 Å². The van der Waals surface area contributed by atoms with Crippen LogP contribution in [0.1, 0.15) is 42.1 Å². The lowest BCUT2D eigenvalue weighted by atomic mass is 9.97. The predicted octanol–water partition coefficient (Wildman–Crippen LogP) is 3.40. The number of aliphatic hydroxyl groups excluding tert-OH is 1. The van der Waals surface area contributed by atoms with Crippen LogP contribution < -0.4 is 10.6 Å². The van der Waals surface area contributed by atoms with Crippen LogP contribution in [0.4, 0.5) is 11.4 Å². The number of hydrogen-bond donors (Lipinski definition) is 3. The molecule has 0 unspecified atom stereocenters. The van der Waals surface area contributed by atoms with Crippen molar-refractivity contribution in [1.29, 1.82) is 0 Å². The van der Waals surface area contributed by atoms with Gasteiger partial charge in [0, 0.05) is 17.9 Å². The van der Waals surface area contributed by atoms with Crippen molar-refractivity contribution >= 4 is 23.3 Å². The molecule has 3 N–H and O–H groups in total. The van der Waals surface area contributed by atoms with Gasteiger partial charge in [0.15, 0.2) is 6.61 Å². The fraction of sp³-hybridized carbons (Fsp3) is 0.333. The lowest BCUT2D eigenvalue weighted by molar-refractivity contribution is -0.119. The van der Waals surface area contributed by atoms with Gasteiger partial charge in [-0.3, -0.25) is 4.79 Å². The maximum Gasteiger partial charge on any atom is 0.340 e. The predicted molar refractivity (Wildman–Crippen MR) is 106 cm³/mol. The lowest BCUT2D eigenvalue weighted by Gasteiger charge is -2.16. The van der Waals surface area contributed by atoms with Gasteiger partial charge < -0.3 is 20.5 Å². The highest BCUT2D eigenvalue weighted by atomic mass is 16.5. The number of carbonyl (C=O) groups excluding carboxylic acids is 2. The van der Waals surface area contributed by atoms with E-state index in [1.54, 1.807) is 24.3 Å². The topological polar surface area (TPSA) is 87.7 Å². The van der Waals surface area contributed by atoms with E-state index in [2.05, 4.69) is 24.5 Å². The molecule has 2 rings (SSSR count). The van der Waals surface area contributed by atoms with Gasteiger partial charge in [-0.2, -0.15) is 0 Å². The van der Waals surface area contributed by atoms with Crippen LogP contribution in [0, 0.1) is 0 Å². The molecule has 0 aliphatic carbocycles. The third-order valence-corrected chi connectivity index (χ3v) is 4.29. The van der Waals surface area contributed by atoms with Gasteiger partial charge in [-0.1, -0.05) is 44.2 Å². The van der Waals surface area contributed by atoms with Crippen LogP contribution in [0.3, 0.4) is 0 Å². The molecule has 6 heteroatoms. The van der Waals surface area contributed by atoms with E-state index >= 15 is 0 Å². The number of rotatable bonds is 9. The summed E-state index contributed by atoms with van der Waals surface area (Å²) in [5.41, 5.74) is 2.66. The molecule has 0 aromatic heterocycles. The van der Waals surface area contributed by atoms with Crippen LogP contribution in [0.5, 0.6) is 0 Å². The number of aliphatic hydroxyl groups is 1. The number of para-hydroxylation sites is 2. The first-order valence-corrected chi connectivity index (χ1v) is 9.06. The molecule has 0 radical (unpaired) electrons. The molecule has 0 aliphatic heterocycles. The van der Waals surface area contributed by atoms with Crippen molar-refractivity contribution in [2.45, 2.75) is 26.2 Å². The minimum atomic E-state index is -0.596. The molecule has 144 valence electrons. The van der Waals surface area contributed by atoms with Crippen molar-refractivity contribution in [2.24, 2.45) is 0 Å². The Morgan fingerprint density at radius 2 is 1.74 bits per heavy atom. The summed E-state index contributed by atoms with van der Waals surface area (Å²) < 4.78 is 5.16. The van der Waals surface area contributed by atoms with Crippen LogP contribution in [0.15, 0.2) is 48.5 Å². The number of esters is 1. The van der Waals surface area contributed by atoms with Crippen molar-refractivity contribution in [3.05, 3.63) is 59.7 Å². The second-order valence-electron chi connectivity index (χ2n) is 6.22. The smallest absolute Gasteiger partial charge is 0.340 e. The molecular weight excluding hydrogens is 344 g/mol. The number of benzene rings is 2. The fourth-order valence-electron chi connectivity index (χ4n) is 2.66. The third kappa shape index (κ3) is 5.82. The van der Waals surface area contributed by atoms with Crippen molar-refractivity contribution in [3.8, 4) is 0 Å². The Morgan fingerprint density at radius 3 is 2.44 bits per heavy atom. The maximum absolute atomic E-state index is 12.3. The Balaban J connectivity index is 1.98. The van der Waals surface area contributed by atoms with Crippen molar-refractivity contribution in [3.63, 3.8) is 0 Å². The second-order valence-corrected chi connectivity index (χ2v) is 6.22. The number of carbonyl (C=O) groups is 2. The van der Waals surface area contributed by atoms with Crippen LogP contribution in [0.25, 0.3) is 0 Å². The first-order chi connectivity index (χ1) is 13.1. The van der Waals surface area contributed by atoms with Gasteiger partial charge in [0.05, 0.1) is 12.2 Å². The third-order valence-electron chi connectivity index (χ3n) is 4.29. The first-order valence-electron chi connectivity index (χ1n) is 9.06. The number of anilines is 2. The zero-order valence-corrected chi connectivity index (χ0v) is 15.7. The molecule has 0 spiro atoms. The van der Waals surface area contributed by atoms with E-state index in [1.165, 1.54) is 0 Å². The van der Waals surface area contributed by atoms with Gasteiger partial charge in [0.1, 0.15) is 0 Å². The summed E-state index contributed by atoms with van der Waals surface area (Å²) in [6.07, 6.45) is 0.958. The molecule has 2 aromatic carbocycles. The highest BCUT2D eigenvalue weighted by Crippen LogP contribution is 2.26. The molecule has 0 saturated heterocycles. The largest absolute Gasteiger partial charge is 0.452 e. The molecule has 6 nitrogen and oxygen atoms in total. The van der Waals surface area contributed by atoms with E-state index in [1.807, 2.05) is 24.3 Å². The summed E-state index contributed by atoms with van der Waals surface area (Å²) >= 11 is 0. The molecule has 1 atom stereocenters. The molecule has 0 fully saturated rings. The normalized spacial score (nSPS) is 11.5. The molecule has 0 heterocycles. The lowest BCUT2D eigenvalue weighted by Crippen LogP contribution is -2.22. The summed E-state index contributed by atoms with van der Waals surface area (Å²) in [4.78, 5) is 24.5. The van der Waals surface area contributed by atoms with Crippen LogP contribution in [-0.4, -0.2) is 36.7 Å². The summed E-state index contributed by atoms with van der Waals surface area (Å²) in [5, 5.41) is 14.7. The highest BCUT2D eigenvalue weighted by Gasteiger charge is 2.15. The number of amides is 1. The molecular formula is C21H26N2O4. The van der Waals surface area contributed by atoms with E-state index < -0.39 is 5.97 Å². The SMILES string of the molecule is CC[C@H](C)c1ccccc1NC(=O)COC(=O)c1ccccc1NCCO. The molecule has 27 heavy (non-hydrogen) atoms. The minimum absolute atomic E-state index is 0.0542. The average molecular weight is 370 g/mol. The Kier molecular flexibility index (Phi) is 7.82. The van der Waals surface area contributed by atoms with Gasteiger partial charge in [-0.25, -0.2) is 4.79 Å². The van der Waals surface area contributed by atoms with Crippen molar-refractivity contribution in [2.75, 3.05) is 30.4 Å². The summed E-state index contributed by atoms with van der Waals surface area (Å²) in [5.74, 6) is -0.671. The summed E-state index contributed by atoms with van der Waals surface area (Å²) in [6.45, 7) is 4.08. The van der Waals surface area contributed by atoms with Crippen LogP contribution >= 0.6 is 0 Å². The Bertz CT molecular complexity index is 776. The second kappa shape index (κ2) is 10.3. The minimum Gasteiger partial charge on any atom is -0.452 e. The molecule has 0 saturated carbocycles. The van der Waals surface area contributed by atoms with E-state index in [0.29, 0.717) is 23.7 Å². The molecule has 0 aliphatic rings. The van der Waals surface area contributed by atoms with Gasteiger partial charge in [-0.15, -0.1) is 0 Å². The van der Waals surface area contributed by atoms with E-state index in [0.717, 1.165) is 17.7 Å². The summed E-state index contributed by atoms with van der Waals surface area (Å²) in [7, 11) is 0. The van der Waals surface area contributed by atoms with Crippen molar-refractivity contribution in [1.82, 2.24) is 0 Å². The quantitative estimate of drug-likeness (QED) is 0.589. The Morgan fingerprint density at radius 1 is 1.07 bits per heavy atom. The maximum atomic E-state index is 12.3. The zero-order valence-electron chi connectivity index (χ0n) is 15.7. The number of hydrogen-bond acceptors (Lipinski definition) is 5. The average Bonchev–Trinajstić information content (AvgIpc) is 2.70. The molecule has 0 bridgehead atoms. The summed E-state index contributed by atoms with van der Waals surface area (Å²) in [6, 6.07) is 14.4. The Labute approximate surface area is 159 Å². The Hall–Kier alpha value is -2.86. The van der Waals surface area contributed by atoms with Crippen molar-refractivity contribution < 1.29 is 19.4 Å². The monoisotopic (exact) mass is 370 g/mol. The van der Waals surface area contributed by atoms with E-state index in [4.69, 9.17) is 9.84 Å². The number of ether oxygens (including phenoxy) is 1. The van der Waals surface area contributed by atoms with E-state index in [9.17, 15) is 9.59 Å². The van der Waals surface area contributed by atoms with Crippen LogP contribution in [0.2, 0.25) is 0 Å². The van der Waals surface area contributed by atoms with Gasteiger partial charge in [-0.05, 0) is 36.1 Å². The van der Waals surface area contributed by atoms with E-state index in [-0.39, 0.29) is 19.1 Å².